The molecule has 3 aromatic rings. The Balaban J connectivity index is 1.53. The normalized spacial score (nSPS) is 18.8. The van der Waals surface area contributed by atoms with Gasteiger partial charge in [0.15, 0.2) is 17.3 Å². The molecule has 1 heterocycles. The molecule has 1 aliphatic carbocycles. The van der Waals surface area contributed by atoms with E-state index in [1.807, 2.05) is 56.3 Å². The molecule has 0 unspecified atom stereocenters. The Morgan fingerprint density at radius 3 is 2.23 bits per heavy atom. The summed E-state index contributed by atoms with van der Waals surface area (Å²) in [6, 6.07) is 20.1. The van der Waals surface area contributed by atoms with Crippen molar-refractivity contribution in [1.82, 2.24) is 5.32 Å². The number of allylic oxidation sites excluding steroid dienone is 3. The maximum atomic E-state index is 13.9. The molecule has 0 bridgehead atoms. The average molecular weight is 525 g/mol. The second-order valence-electron chi connectivity index (χ2n) is 10.0. The molecule has 7 heteroatoms. The number of nitrogens with one attached hydrogen (secondary N) is 2. The van der Waals surface area contributed by atoms with Crippen LogP contribution in [-0.2, 0) is 9.59 Å². The molecule has 200 valence electrons. The monoisotopic (exact) mass is 524 g/mol. The third-order valence-corrected chi connectivity index (χ3v) is 7.49. The van der Waals surface area contributed by atoms with Crippen molar-refractivity contribution in [1.29, 1.82) is 0 Å². The fourth-order valence-corrected chi connectivity index (χ4v) is 5.52. The van der Waals surface area contributed by atoms with E-state index in [1.165, 1.54) is 0 Å². The molecule has 1 amide bonds. The second-order valence-corrected chi connectivity index (χ2v) is 10.0. The minimum atomic E-state index is -0.564. The predicted octanol–water partition coefficient (Wildman–Crippen LogP) is 5.72. The molecular formula is C32H32N2O5. The first kappa shape index (κ1) is 26.1. The fourth-order valence-electron chi connectivity index (χ4n) is 5.52. The Bertz CT molecular complexity index is 1490. The van der Waals surface area contributed by atoms with Gasteiger partial charge in [0.2, 0.25) is 0 Å². The van der Waals surface area contributed by atoms with Crippen LogP contribution in [0.3, 0.4) is 0 Å². The number of aryl methyl sites for hydroxylation is 1. The number of amides is 1. The van der Waals surface area contributed by atoms with E-state index in [0.717, 1.165) is 22.4 Å². The van der Waals surface area contributed by atoms with E-state index < -0.39 is 5.92 Å². The fraction of sp³-hybridized carbons (Fsp3) is 0.250. The first-order valence-corrected chi connectivity index (χ1v) is 12.9. The van der Waals surface area contributed by atoms with Gasteiger partial charge in [-0.15, -0.1) is 0 Å². The number of aromatic hydroxyl groups is 1. The lowest BCUT2D eigenvalue weighted by Crippen LogP contribution is -2.37. The van der Waals surface area contributed by atoms with Crippen molar-refractivity contribution in [2.24, 2.45) is 0 Å². The van der Waals surface area contributed by atoms with Gasteiger partial charge >= 0.3 is 0 Å². The van der Waals surface area contributed by atoms with Gasteiger partial charge in [0, 0.05) is 40.6 Å². The average Bonchev–Trinajstić information content (AvgIpc) is 2.93. The van der Waals surface area contributed by atoms with Crippen molar-refractivity contribution < 1.29 is 24.2 Å². The maximum absolute atomic E-state index is 13.9. The number of dihydropyridines is 1. The summed E-state index contributed by atoms with van der Waals surface area (Å²) in [6.45, 7) is 3.86. The van der Waals surface area contributed by atoms with Gasteiger partial charge in [-0.1, -0.05) is 35.9 Å². The Morgan fingerprint density at radius 1 is 0.897 bits per heavy atom. The van der Waals surface area contributed by atoms with E-state index in [1.54, 1.807) is 38.5 Å². The standard InChI is InChI=1S/C32H32N2O5/c1-18-5-10-23(11-6-18)34-32(37)29-19(2)33-25-15-22(21-9-14-27(38-3)28(17-21)39-4)16-26(36)31(25)30(29)20-7-12-24(35)13-8-20/h5-14,17,22,30,33,35H,15-16H2,1-4H3,(H,34,37)/t22-,30-/m1/s1. The third kappa shape index (κ3) is 5.12. The van der Waals surface area contributed by atoms with Gasteiger partial charge in [0.25, 0.3) is 5.91 Å². The second kappa shape index (κ2) is 10.7. The van der Waals surface area contributed by atoms with Gasteiger partial charge in [-0.2, -0.15) is 0 Å². The first-order valence-electron chi connectivity index (χ1n) is 12.9. The lowest BCUT2D eigenvalue weighted by molar-refractivity contribution is -0.116. The van der Waals surface area contributed by atoms with Crippen LogP contribution in [-0.4, -0.2) is 31.0 Å². The Hall–Kier alpha value is -4.52. The zero-order chi connectivity index (χ0) is 27.7. The lowest BCUT2D eigenvalue weighted by Gasteiger charge is -2.37. The molecule has 5 rings (SSSR count). The molecule has 3 N–H and O–H groups in total. The van der Waals surface area contributed by atoms with Crippen molar-refractivity contribution in [2.75, 3.05) is 19.5 Å². The van der Waals surface area contributed by atoms with E-state index >= 15 is 0 Å². The van der Waals surface area contributed by atoms with E-state index in [9.17, 15) is 14.7 Å². The van der Waals surface area contributed by atoms with Crippen LogP contribution in [0.5, 0.6) is 17.2 Å². The Kier molecular flexibility index (Phi) is 7.15. The van der Waals surface area contributed by atoms with Gasteiger partial charge in [-0.25, -0.2) is 0 Å². The Labute approximate surface area is 228 Å². The first-order chi connectivity index (χ1) is 18.8. The minimum Gasteiger partial charge on any atom is -0.508 e. The molecule has 3 aromatic carbocycles. The Morgan fingerprint density at radius 2 is 1.56 bits per heavy atom. The van der Waals surface area contributed by atoms with Crippen LogP contribution in [0.1, 0.15) is 48.3 Å². The van der Waals surface area contributed by atoms with Crippen LogP contribution >= 0.6 is 0 Å². The minimum absolute atomic E-state index is 0.0188. The highest BCUT2D eigenvalue weighted by Gasteiger charge is 2.41. The number of phenols is 1. The lowest BCUT2D eigenvalue weighted by atomic mass is 9.71. The molecule has 0 spiro atoms. The number of rotatable bonds is 6. The van der Waals surface area contributed by atoms with Crippen molar-refractivity contribution in [3.05, 3.63) is 106 Å². The smallest absolute Gasteiger partial charge is 0.254 e. The number of carbonyl (C=O) groups excluding carboxylic acids is 2. The number of ketones is 1. The SMILES string of the molecule is COc1ccc([C@H]2CC(=O)C3=C(C2)NC(C)=C(C(=O)Nc2ccc(C)cc2)[C@H]3c2ccc(O)cc2)cc1OC. The summed E-state index contributed by atoms with van der Waals surface area (Å²) < 4.78 is 10.9. The van der Waals surface area contributed by atoms with Gasteiger partial charge in [0.05, 0.1) is 14.2 Å². The summed E-state index contributed by atoms with van der Waals surface area (Å²) in [5.41, 5.74) is 6.11. The van der Waals surface area contributed by atoms with E-state index in [2.05, 4.69) is 10.6 Å². The summed E-state index contributed by atoms with van der Waals surface area (Å²) in [4.78, 5) is 27.5. The molecule has 0 fully saturated rings. The number of benzene rings is 3. The number of anilines is 1. The van der Waals surface area contributed by atoms with Crippen molar-refractivity contribution in [3.63, 3.8) is 0 Å². The molecule has 7 nitrogen and oxygen atoms in total. The zero-order valence-electron chi connectivity index (χ0n) is 22.5. The quantitative estimate of drug-likeness (QED) is 0.382. The van der Waals surface area contributed by atoms with Gasteiger partial charge in [-0.05, 0) is 73.7 Å². The van der Waals surface area contributed by atoms with Crippen molar-refractivity contribution in [2.45, 2.75) is 38.5 Å². The number of ether oxygens (including phenoxy) is 2. The third-order valence-electron chi connectivity index (χ3n) is 7.49. The number of hydrogen-bond donors (Lipinski definition) is 3. The summed E-state index contributed by atoms with van der Waals surface area (Å²) >= 11 is 0. The molecular weight excluding hydrogens is 492 g/mol. The topological polar surface area (TPSA) is 96.9 Å². The molecule has 1 aliphatic heterocycles. The molecule has 0 aromatic heterocycles. The highest BCUT2D eigenvalue weighted by atomic mass is 16.5. The summed E-state index contributed by atoms with van der Waals surface area (Å²) in [5.74, 6) is 0.460. The molecule has 0 saturated heterocycles. The van der Waals surface area contributed by atoms with Crippen LogP contribution in [0.15, 0.2) is 89.3 Å². The van der Waals surface area contributed by atoms with Crippen LogP contribution in [0.2, 0.25) is 0 Å². The van der Waals surface area contributed by atoms with E-state index in [4.69, 9.17) is 9.47 Å². The molecule has 0 saturated carbocycles. The highest BCUT2D eigenvalue weighted by molar-refractivity contribution is 6.10. The van der Waals surface area contributed by atoms with Crippen LogP contribution in [0.25, 0.3) is 0 Å². The van der Waals surface area contributed by atoms with Crippen molar-refractivity contribution in [3.8, 4) is 17.2 Å². The molecule has 39 heavy (non-hydrogen) atoms. The predicted molar refractivity (Wildman–Crippen MR) is 150 cm³/mol. The molecule has 2 atom stereocenters. The number of hydrogen-bond acceptors (Lipinski definition) is 6. The molecule has 0 radical (unpaired) electrons. The van der Waals surface area contributed by atoms with Crippen LogP contribution in [0.4, 0.5) is 5.69 Å². The number of methoxy groups -OCH3 is 2. The summed E-state index contributed by atoms with van der Waals surface area (Å²) in [6.07, 6.45) is 0.909. The van der Waals surface area contributed by atoms with Crippen molar-refractivity contribution >= 4 is 17.4 Å². The number of Topliss-reactive ketones (excluding diaryl/α,β-unsaturated/α-hetero) is 1. The van der Waals surface area contributed by atoms with Gasteiger partial charge in [-0.3, -0.25) is 9.59 Å². The van der Waals surface area contributed by atoms with E-state index in [-0.39, 0.29) is 23.4 Å². The summed E-state index contributed by atoms with van der Waals surface area (Å²) in [7, 11) is 3.19. The molecule has 2 aliphatic rings. The number of carbonyl (C=O) groups is 2. The summed E-state index contributed by atoms with van der Waals surface area (Å²) in [5, 5.41) is 16.3. The maximum Gasteiger partial charge on any atom is 0.254 e. The van der Waals surface area contributed by atoms with Crippen LogP contribution < -0.4 is 20.1 Å². The largest absolute Gasteiger partial charge is 0.508 e. The number of phenolic OH excluding ortho intramolecular Hbond substituents is 1. The zero-order valence-corrected chi connectivity index (χ0v) is 22.5. The van der Waals surface area contributed by atoms with Crippen LogP contribution in [0, 0.1) is 6.92 Å². The van der Waals surface area contributed by atoms with Gasteiger partial charge < -0.3 is 25.2 Å². The van der Waals surface area contributed by atoms with Gasteiger partial charge in [0.1, 0.15) is 5.75 Å². The highest BCUT2D eigenvalue weighted by Crippen LogP contribution is 2.46. The van der Waals surface area contributed by atoms with E-state index in [0.29, 0.717) is 46.9 Å².